The van der Waals surface area contributed by atoms with Gasteiger partial charge >= 0.3 is 0 Å². The molecule has 0 aliphatic rings. The Labute approximate surface area is 117 Å². The zero-order chi connectivity index (χ0) is 13.7. The van der Waals surface area contributed by atoms with Crippen LogP contribution in [0.15, 0.2) is 53.4 Å². The van der Waals surface area contributed by atoms with Crippen molar-refractivity contribution in [3.8, 4) is 0 Å². The number of nitrogens with one attached hydrogen (secondary N) is 1. The Hall–Kier alpha value is -1.81. The Balaban J connectivity index is 1.96. The Morgan fingerprint density at radius 3 is 2.58 bits per heavy atom. The number of hydrogen-bond donors (Lipinski definition) is 1. The number of rotatable bonds is 4. The van der Waals surface area contributed by atoms with Crippen molar-refractivity contribution in [2.75, 3.05) is 5.32 Å². The maximum atomic E-state index is 12.1. The van der Waals surface area contributed by atoms with Crippen LogP contribution in [-0.4, -0.2) is 16.1 Å². The van der Waals surface area contributed by atoms with E-state index in [1.54, 1.807) is 6.07 Å². The first-order chi connectivity index (χ1) is 9.15. The zero-order valence-corrected chi connectivity index (χ0v) is 11.8. The smallest absolute Gasteiger partial charge is 0.238 e. The van der Waals surface area contributed by atoms with Crippen LogP contribution < -0.4 is 5.32 Å². The minimum atomic E-state index is -0.162. The van der Waals surface area contributed by atoms with Gasteiger partial charge in [-0.05, 0) is 38.1 Å². The molecule has 0 bridgehead atoms. The number of amides is 1. The molecule has 1 unspecified atom stereocenters. The van der Waals surface area contributed by atoms with Gasteiger partial charge in [-0.25, -0.2) is 4.98 Å². The van der Waals surface area contributed by atoms with Gasteiger partial charge in [0, 0.05) is 10.6 Å². The molecule has 1 heterocycles. The molecule has 1 atom stereocenters. The van der Waals surface area contributed by atoms with Crippen molar-refractivity contribution in [2.45, 2.75) is 24.0 Å². The van der Waals surface area contributed by atoms with E-state index < -0.39 is 0 Å². The van der Waals surface area contributed by atoms with Crippen molar-refractivity contribution in [3.63, 3.8) is 0 Å². The van der Waals surface area contributed by atoms with Crippen LogP contribution in [0.5, 0.6) is 0 Å². The minimum absolute atomic E-state index is 0.0352. The van der Waals surface area contributed by atoms with E-state index in [2.05, 4.69) is 10.3 Å². The molecule has 1 aromatic carbocycles. The lowest BCUT2D eigenvalue weighted by atomic mass is 10.3. The number of carbonyl (C=O) groups excluding carboxylic acids is 1. The molecule has 0 fully saturated rings. The second kappa shape index (κ2) is 6.38. The van der Waals surface area contributed by atoms with E-state index in [-0.39, 0.29) is 11.2 Å². The first kappa shape index (κ1) is 13.6. The fourth-order valence-corrected chi connectivity index (χ4v) is 2.49. The maximum absolute atomic E-state index is 12.1. The van der Waals surface area contributed by atoms with E-state index in [0.717, 1.165) is 10.6 Å². The first-order valence-corrected chi connectivity index (χ1v) is 6.99. The average Bonchev–Trinajstić information content (AvgIpc) is 2.40. The Morgan fingerprint density at radius 2 is 1.89 bits per heavy atom. The number of carbonyl (C=O) groups is 1. The average molecular weight is 272 g/mol. The largest absolute Gasteiger partial charge is 0.310 e. The fourth-order valence-electron chi connectivity index (χ4n) is 1.60. The second-order valence-electron chi connectivity index (χ2n) is 4.23. The van der Waals surface area contributed by atoms with Crippen molar-refractivity contribution in [1.82, 2.24) is 4.98 Å². The van der Waals surface area contributed by atoms with Gasteiger partial charge in [-0.1, -0.05) is 24.3 Å². The van der Waals surface area contributed by atoms with Gasteiger partial charge in [0.05, 0.1) is 5.25 Å². The highest BCUT2D eigenvalue weighted by molar-refractivity contribution is 8.00. The Kier molecular flexibility index (Phi) is 4.58. The number of aryl methyl sites for hydroxylation is 1. The van der Waals surface area contributed by atoms with Crippen LogP contribution in [0.25, 0.3) is 0 Å². The third kappa shape index (κ3) is 4.10. The number of hydrogen-bond acceptors (Lipinski definition) is 3. The molecule has 0 spiro atoms. The standard InChI is InChI=1S/C15H16N2OS/c1-11-7-6-10-14(16-11)17-15(18)12(2)19-13-8-4-3-5-9-13/h3-10,12H,1-2H3,(H,16,17,18). The summed E-state index contributed by atoms with van der Waals surface area (Å²) in [6.45, 7) is 3.79. The van der Waals surface area contributed by atoms with E-state index in [1.165, 1.54) is 11.8 Å². The lowest BCUT2D eigenvalue weighted by Crippen LogP contribution is -2.22. The fraction of sp³-hybridized carbons (Fsp3) is 0.200. The van der Waals surface area contributed by atoms with Crippen LogP contribution in [0.1, 0.15) is 12.6 Å². The van der Waals surface area contributed by atoms with Gasteiger partial charge in [-0.2, -0.15) is 0 Å². The summed E-state index contributed by atoms with van der Waals surface area (Å²) < 4.78 is 0. The molecule has 0 radical (unpaired) electrons. The number of anilines is 1. The molecule has 0 aliphatic heterocycles. The van der Waals surface area contributed by atoms with Crippen molar-refractivity contribution < 1.29 is 4.79 Å². The summed E-state index contributed by atoms with van der Waals surface area (Å²) in [6, 6.07) is 15.5. The van der Waals surface area contributed by atoms with E-state index in [1.807, 2.05) is 56.3 Å². The van der Waals surface area contributed by atoms with Gasteiger partial charge in [0.1, 0.15) is 5.82 Å². The minimum Gasteiger partial charge on any atom is -0.310 e. The highest BCUT2D eigenvalue weighted by Crippen LogP contribution is 2.23. The second-order valence-corrected chi connectivity index (χ2v) is 5.64. The summed E-state index contributed by atoms with van der Waals surface area (Å²) >= 11 is 1.54. The molecule has 0 saturated carbocycles. The van der Waals surface area contributed by atoms with Crippen molar-refractivity contribution in [1.29, 1.82) is 0 Å². The molecular formula is C15H16N2OS. The molecular weight excluding hydrogens is 256 g/mol. The summed E-state index contributed by atoms with van der Waals surface area (Å²) in [5.74, 6) is 0.567. The van der Waals surface area contributed by atoms with E-state index in [9.17, 15) is 4.79 Å². The van der Waals surface area contributed by atoms with Crippen LogP contribution in [0.2, 0.25) is 0 Å². The van der Waals surface area contributed by atoms with Gasteiger partial charge in [0.2, 0.25) is 5.91 Å². The topological polar surface area (TPSA) is 42.0 Å². The Bertz CT molecular complexity index is 557. The molecule has 2 rings (SSSR count). The molecule has 4 heteroatoms. The SMILES string of the molecule is Cc1cccc(NC(=O)C(C)Sc2ccccc2)n1. The predicted molar refractivity (Wildman–Crippen MR) is 79.4 cm³/mol. The van der Waals surface area contributed by atoms with Gasteiger partial charge < -0.3 is 5.32 Å². The number of benzene rings is 1. The van der Waals surface area contributed by atoms with Crippen LogP contribution in [-0.2, 0) is 4.79 Å². The monoisotopic (exact) mass is 272 g/mol. The molecule has 0 saturated heterocycles. The number of nitrogens with zero attached hydrogens (tertiary/aromatic N) is 1. The summed E-state index contributed by atoms with van der Waals surface area (Å²) in [5.41, 5.74) is 0.890. The number of pyridine rings is 1. The van der Waals surface area contributed by atoms with Crippen molar-refractivity contribution >= 4 is 23.5 Å². The Morgan fingerprint density at radius 1 is 1.16 bits per heavy atom. The highest BCUT2D eigenvalue weighted by atomic mass is 32.2. The van der Waals surface area contributed by atoms with Gasteiger partial charge in [0.15, 0.2) is 0 Å². The quantitative estimate of drug-likeness (QED) is 0.866. The predicted octanol–water partition coefficient (Wildman–Crippen LogP) is 3.51. The molecule has 1 amide bonds. The van der Waals surface area contributed by atoms with Gasteiger partial charge in [-0.15, -0.1) is 11.8 Å². The third-order valence-corrected chi connectivity index (χ3v) is 3.68. The third-order valence-electron chi connectivity index (χ3n) is 2.56. The highest BCUT2D eigenvalue weighted by Gasteiger charge is 2.14. The number of aromatic nitrogens is 1. The van der Waals surface area contributed by atoms with Crippen LogP contribution in [0, 0.1) is 6.92 Å². The zero-order valence-electron chi connectivity index (χ0n) is 11.0. The molecule has 3 nitrogen and oxygen atoms in total. The first-order valence-electron chi connectivity index (χ1n) is 6.11. The lowest BCUT2D eigenvalue weighted by molar-refractivity contribution is -0.115. The van der Waals surface area contributed by atoms with Gasteiger partial charge in [-0.3, -0.25) is 4.79 Å². The van der Waals surface area contributed by atoms with E-state index >= 15 is 0 Å². The summed E-state index contributed by atoms with van der Waals surface area (Å²) in [5, 5.41) is 2.67. The van der Waals surface area contributed by atoms with E-state index in [0.29, 0.717) is 5.82 Å². The molecule has 98 valence electrons. The molecule has 1 aromatic heterocycles. The van der Waals surface area contributed by atoms with Crippen molar-refractivity contribution in [2.24, 2.45) is 0 Å². The molecule has 0 aliphatic carbocycles. The van der Waals surface area contributed by atoms with Crippen LogP contribution >= 0.6 is 11.8 Å². The van der Waals surface area contributed by atoms with Crippen molar-refractivity contribution in [3.05, 3.63) is 54.2 Å². The van der Waals surface area contributed by atoms with E-state index in [4.69, 9.17) is 0 Å². The number of thioether (sulfide) groups is 1. The van der Waals surface area contributed by atoms with Crippen LogP contribution in [0.3, 0.4) is 0 Å². The normalized spacial score (nSPS) is 11.9. The molecule has 19 heavy (non-hydrogen) atoms. The molecule has 2 aromatic rings. The van der Waals surface area contributed by atoms with Crippen LogP contribution in [0.4, 0.5) is 5.82 Å². The lowest BCUT2D eigenvalue weighted by Gasteiger charge is -2.11. The maximum Gasteiger partial charge on any atom is 0.238 e. The molecule has 1 N–H and O–H groups in total. The summed E-state index contributed by atoms with van der Waals surface area (Å²) in [4.78, 5) is 17.4. The summed E-state index contributed by atoms with van der Waals surface area (Å²) in [6.07, 6.45) is 0. The van der Waals surface area contributed by atoms with Gasteiger partial charge in [0.25, 0.3) is 0 Å². The summed E-state index contributed by atoms with van der Waals surface area (Å²) in [7, 11) is 0.